The summed E-state index contributed by atoms with van der Waals surface area (Å²) in [5.41, 5.74) is 0.358. The maximum absolute atomic E-state index is 11.7. The van der Waals surface area contributed by atoms with Crippen molar-refractivity contribution in [1.82, 2.24) is 5.32 Å². The Kier molecular flexibility index (Phi) is 5.99. The van der Waals surface area contributed by atoms with Crippen LogP contribution in [0.2, 0.25) is 0 Å². The summed E-state index contributed by atoms with van der Waals surface area (Å²) in [5, 5.41) is 21.9. The fourth-order valence-electron chi connectivity index (χ4n) is 1.54. The zero-order chi connectivity index (χ0) is 15.8. The van der Waals surface area contributed by atoms with Gasteiger partial charge in [-0.15, -0.1) is 0 Å². The monoisotopic (exact) mass is 296 g/mol. The number of nitrogens with one attached hydrogen (secondary N) is 2. The van der Waals surface area contributed by atoms with Crippen LogP contribution in [0.25, 0.3) is 0 Å². The fourth-order valence-corrected chi connectivity index (χ4v) is 1.54. The highest BCUT2D eigenvalue weighted by Crippen LogP contribution is 2.23. The number of urea groups is 1. The normalized spacial score (nSPS) is 11.3. The summed E-state index contributed by atoms with van der Waals surface area (Å²) in [6, 6.07) is 4.28. The average Bonchev–Trinajstić information content (AvgIpc) is 2.40. The SMILES string of the molecule is CCOc1ccccc1NC(=O)N[C@@H](CC(=O)O)C(=O)O. The molecule has 0 aromatic heterocycles. The zero-order valence-electron chi connectivity index (χ0n) is 11.3. The third-order valence-corrected chi connectivity index (χ3v) is 2.42. The smallest absolute Gasteiger partial charge is 0.326 e. The largest absolute Gasteiger partial charge is 0.492 e. The van der Waals surface area contributed by atoms with E-state index in [1.807, 2.05) is 0 Å². The molecule has 1 rings (SSSR count). The van der Waals surface area contributed by atoms with E-state index >= 15 is 0 Å². The van der Waals surface area contributed by atoms with Crippen LogP contribution in [0.5, 0.6) is 5.75 Å². The van der Waals surface area contributed by atoms with Gasteiger partial charge in [-0.2, -0.15) is 0 Å². The first-order valence-electron chi connectivity index (χ1n) is 6.18. The van der Waals surface area contributed by atoms with E-state index in [4.69, 9.17) is 14.9 Å². The van der Waals surface area contributed by atoms with Gasteiger partial charge in [-0.1, -0.05) is 12.1 Å². The molecule has 0 aliphatic heterocycles. The molecule has 8 nitrogen and oxygen atoms in total. The van der Waals surface area contributed by atoms with Crippen molar-refractivity contribution in [3.63, 3.8) is 0 Å². The Labute approximate surface area is 120 Å². The van der Waals surface area contributed by atoms with Crippen molar-refractivity contribution in [2.75, 3.05) is 11.9 Å². The molecule has 0 radical (unpaired) electrons. The molecule has 0 aliphatic carbocycles. The number of hydrogen-bond donors (Lipinski definition) is 4. The van der Waals surface area contributed by atoms with Crippen molar-refractivity contribution < 1.29 is 29.3 Å². The number of rotatable bonds is 7. The van der Waals surface area contributed by atoms with Crippen molar-refractivity contribution in [2.24, 2.45) is 0 Å². The Morgan fingerprint density at radius 3 is 2.48 bits per heavy atom. The summed E-state index contributed by atoms with van der Waals surface area (Å²) in [5.74, 6) is -2.32. The highest BCUT2D eigenvalue weighted by molar-refractivity contribution is 5.94. The molecule has 0 bridgehead atoms. The number of amides is 2. The Morgan fingerprint density at radius 2 is 1.90 bits per heavy atom. The van der Waals surface area contributed by atoms with Gasteiger partial charge in [-0.3, -0.25) is 4.79 Å². The molecule has 1 atom stereocenters. The lowest BCUT2D eigenvalue weighted by Gasteiger charge is -2.15. The van der Waals surface area contributed by atoms with Crippen LogP contribution in [-0.2, 0) is 9.59 Å². The standard InChI is InChI=1S/C13H16N2O6/c1-2-21-10-6-4-3-5-8(10)14-13(20)15-9(12(18)19)7-11(16)17/h3-6,9H,2,7H2,1H3,(H,16,17)(H,18,19)(H2,14,15,20)/t9-/m0/s1. The van der Waals surface area contributed by atoms with Crippen LogP contribution in [0.4, 0.5) is 10.5 Å². The number of carboxylic acids is 2. The number of benzene rings is 1. The maximum Gasteiger partial charge on any atom is 0.326 e. The summed E-state index contributed by atoms with van der Waals surface area (Å²) in [6.07, 6.45) is -0.712. The molecule has 2 amide bonds. The Morgan fingerprint density at radius 1 is 1.24 bits per heavy atom. The first-order chi connectivity index (χ1) is 9.93. The Hall–Kier alpha value is -2.77. The van der Waals surface area contributed by atoms with Crippen LogP contribution in [-0.4, -0.2) is 40.8 Å². The lowest BCUT2D eigenvalue weighted by atomic mass is 10.2. The highest BCUT2D eigenvalue weighted by atomic mass is 16.5. The van der Waals surface area contributed by atoms with E-state index in [1.54, 1.807) is 31.2 Å². The topological polar surface area (TPSA) is 125 Å². The number of anilines is 1. The predicted molar refractivity (Wildman–Crippen MR) is 73.4 cm³/mol. The van der Waals surface area contributed by atoms with Crippen molar-refractivity contribution in [3.8, 4) is 5.75 Å². The number of carboxylic acid groups (broad SMARTS) is 2. The summed E-state index contributed by atoms with van der Waals surface area (Å²) >= 11 is 0. The molecule has 1 aromatic rings. The fraction of sp³-hybridized carbons (Fsp3) is 0.308. The molecule has 1 aromatic carbocycles. The Balaban J connectivity index is 2.72. The van der Waals surface area contributed by atoms with Gasteiger partial charge in [-0.25, -0.2) is 9.59 Å². The van der Waals surface area contributed by atoms with Crippen molar-refractivity contribution in [2.45, 2.75) is 19.4 Å². The summed E-state index contributed by atoms with van der Waals surface area (Å²) in [4.78, 5) is 33.1. The molecule has 4 N–H and O–H groups in total. The van der Waals surface area contributed by atoms with Crippen molar-refractivity contribution in [1.29, 1.82) is 0 Å². The van der Waals surface area contributed by atoms with Gasteiger partial charge in [0.05, 0.1) is 18.7 Å². The number of carbonyl (C=O) groups is 3. The molecule has 21 heavy (non-hydrogen) atoms. The minimum Gasteiger partial charge on any atom is -0.492 e. The quantitative estimate of drug-likeness (QED) is 0.598. The predicted octanol–water partition coefficient (Wildman–Crippen LogP) is 1.13. The molecule has 0 heterocycles. The minimum absolute atomic E-state index is 0.358. The summed E-state index contributed by atoms with van der Waals surface area (Å²) < 4.78 is 5.30. The molecule has 0 saturated heterocycles. The van der Waals surface area contributed by atoms with E-state index < -0.39 is 30.4 Å². The average molecular weight is 296 g/mol. The molecule has 0 saturated carbocycles. The van der Waals surface area contributed by atoms with Gasteiger partial charge in [0.2, 0.25) is 0 Å². The summed E-state index contributed by atoms with van der Waals surface area (Å²) in [6.45, 7) is 2.18. The van der Waals surface area contributed by atoms with E-state index in [0.717, 1.165) is 0 Å². The van der Waals surface area contributed by atoms with Crippen LogP contribution in [0.1, 0.15) is 13.3 Å². The van der Waals surface area contributed by atoms with Gasteiger partial charge in [0.1, 0.15) is 11.8 Å². The molecule has 0 unspecified atom stereocenters. The van der Waals surface area contributed by atoms with Gasteiger partial charge < -0.3 is 25.6 Å². The molecule has 0 fully saturated rings. The van der Waals surface area contributed by atoms with E-state index in [2.05, 4.69) is 10.6 Å². The number of ether oxygens (including phenoxy) is 1. The number of hydrogen-bond acceptors (Lipinski definition) is 4. The van der Waals surface area contributed by atoms with Gasteiger partial charge in [0.25, 0.3) is 0 Å². The minimum atomic E-state index is -1.51. The molecule has 0 spiro atoms. The first-order valence-corrected chi connectivity index (χ1v) is 6.18. The number of aliphatic carboxylic acids is 2. The maximum atomic E-state index is 11.7. The van der Waals surface area contributed by atoms with E-state index in [9.17, 15) is 14.4 Å². The van der Waals surface area contributed by atoms with Gasteiger partial charge in [0, 0.05) is 0 Å². The highest BCUT2D eigenvalue weighted by Gasteiger charge is 2.23. The third-order valence-electron chi connectivity index (χ3n) is 2.42. The second-order valence-corrected chi connectivity index (χ2v) is 4.02. The van der Waals surface area contributed by atoms with Gasteiger partial charge in [0.15, 0.2) is 0 Å². The number of para-hydroxylation sites is 2. The molecular weight excluding hydrogens is 280 g/mol. The zero-order valence-corrected chi connectivity index (χ0v) is 11.3. The summed E-state index contributed by atoms with van der Waals surface area (Å²) in [7, 11) is 0. The second-order valence-electron chi connectivity index (χ2n) is 4.02. The molecule has 8 heteroatoms. The molecule has 114 valence electrons. The lowest BCUT2D eigenvalue weighted by molar-refractivity contribution is -0.145. The lowest BCUT2D eigenvalue weighted by Crippen LogP contribution is -2.44. The van der Waals surface area contributed by atoms with E-state index in [1.165, 1.54) is 0 Å². The van der Waals surface area contributed by atoms with E-state index in [0.29, 0.717) is 18.0 Å². The van der Waals surface area contributed by atoms with Crippen LogP contribution in [0, 0.1) is 0 Å². The Bertz CT molecular complexity index is 531. The van der Waals surface area contributed by atoms with Crippen LogP contribution in [0.15, 0.2) is 24.3 Å². The van der Waals surface area contributed by atoms with Crippen LogP contribution < -0.4 is 15.4 Å². The molecule has 0 aliphatic rings. The van der Waals surface area contributed by atoms with E-state index in [-0.39, 0.29) is 0 Å². The first kappa shape index (κ1) is 16.3. The molecular formula is C13H16N2O6. The van der Waals surface area contributed by atoms with Gasteiger partial charge >= 0.3 is 18.0 Å². The van der Waals surface area contributed by atoms with Gasteiger partial charge in [-0.05, 0) is 19.1 Å². The van der Waals surface area contributed by atoms with Crippen molar-refractivity contribution in [3.05, 3.63) is 24.3 Å². The number of carbonyl (C=O) groups excluding carboxylic acids is 1. The van der Waals surface area contributed by atoms with Crippen molar-refractivity contribution >= 4 is 23.7 Å². The second kappa shape index (κ2) is 7.73. The van der Waals surface area contributed by atoms with Crippen LogP contribution in [0.3, 0.4) is 0 Å². The van der Waals surface area contributed by atoms with Crippen LogP contribution >= 0.6 is 0 Å². The third kappa shape index (κ3) is 5.39.